The van der Waals surface area contributed by atoms with Gasteiger partial charge < -0.3 is 0 Å². The Morgan fingerprint density at radius 2 is 1.38 bits per heavy atom. The zero-order valence-electron chi connectivity index (χ0n) is 18.2. The van der Waals surface area contributed by atoms with Gasteiger partial charge in [0.25, 0.3) is 20.0 Å². The largest absolute Gasteiger partial charge is 0.420 e. The summed E-state index contributed by atoms with van der Waals surface area (Å²) in [6, 6.07) is 8.47. The molecule has 0 bridgehead atoms. The third-order valence-corrected chi connectivity index (χ3v) is 9.73. The number of pyridine rings is 1. The van der Waals surface area contributed by atoms with Gasteiger partial charge >= 0.3 is 6.18 Å². The van der Waals surface area contributed by atoms with E-state index in [-0.39, 0.29) is 14.6 Å². The van der Waals surface area contributed by atoms with Gasteiger partial charge in [-0.1, -0.05) is 39.6 Å². The highest BCUT2D eigenvalue weighted by molar-refractivity contribution is 8.04. The molecule has 8 nitrogen and oxygen atoms in total. The molecule has 0 atom stereocenters. The maximum atomic E-state index is 14.4. The van der Waals surface area contributed by atoms with Crippen molar-refractivity contribution < 1.29 is 38.8 Å². The van der Waals surface area contributed by atoms with Crippen LogP contribution in [0.25, 0.3) is 5.65 Å². The molecule has 37 heavy (non-hydrogen) atoms. The molecule has 0 saturated carbocycles. The van der Waals surface area contributed by atoms with Crippen molar-refractivity contribution in [1.29, 1.82) is 0 Å². The molecule has 196 valence electrons. The van der Waals surface area contributed by atoms with Gasteiger partial charge in [-0.15, -0.1) is 10.2 Å². The Kier molecular flexibility index (Phi) is 7.00. The van der Waals surface area contributed by atoms with Crippen molar-refractivity contribution in [3.05, 3.63) is 88.8 Å². The number of aromatic nitrogens is 3. The minimum absolute atomic E-state index is 0.132. The molecule has 0 spiro atoms. The Morgan fingerprint density at radius 1 is 0.865 bits per heavy atom. The number of benzene rings is 2. The number of alkyl halides is 3. The van der Waals surface area contributed by atoms with E-state index in [1.807, 2.05) is 0 Å². The number of hydrogen-bond donors (Lipinski definition) is 0. The van der Waals surface area contributed by atoms with Gasteiger partial charge in [0.1, 0.15) is 32.8 Å². The normalized spacial score (nSPS) is 12.9. The molecular formula is C21H14ClF5N4O4S2. The van der Waals surface area contributed by atoms with Crippen LogP contribution in [0.15, 0.2) is 70.6 Å². The Labute approximate surface area is 212 Å². The molecule has 0 aliphatic rings. The zero-order valence-corrected chi connectivity index (χ0v) is 20.6. The van der Waals surface area contributed by atoms with Crippen LogP contribution in [0.5, 0.6) is 0 Å². The summed E-state index contributed by atoms with van der Waals surface area (Å²) in [5.41, 5.74) is -1.89. The molecular weight excluding hydrogens is 567 g/mol. The number of sulfonamides is 2. The average Bonchev–Trinajstić information content (AvgIpc) is 3.20. The van der Waals surface area contributed by atoms with Crippen LogP contribution in [-0.2, 0) is 32.6 Å². The van der Waals surface area contributed by atoms with Crippen LogP contribution in [0.3, 0.4) is 0 Å². The topological polar surface area (TPSA) is 102 Å². The Bertz CT molecular complexity index is 1630. The third-order valence-electron chi connectivity index (χ3n) is 5.13. The van der Waals surface area contributed by atoms with Crippen LogP contribution >= 0.6 is 11.6 Å². The summed E-state index contributed by atoms with van der Waals surface area (Å²) in [7, 11) is -10.3. The molecule has 0 aliphatic carbocycles. The number of fused-ring (bicyclic) bond motifs is 1. The number of rotatable bonds is 7. The fourth-order valence-corrected chi connectivity index (χ4v) is 7.43. The predicted octanol–water partition coefficient (Wildman–Crippen LogP) is 4.30. The van der Waals surface area contributed by atoms with Gasteiger partial charge in [-0.25, -0.2) is 25.6 Å². The Balaban J connectivity index is 1.83. The van der Waals surface area contributed by atoms with Crippen LogP contribution in [0.4, 0.5) is 22.0 Å². The second kappa shape index (κ2) is 9.63. The molecule has 2 heterocycles. The van der Waals surface area contributed by atoms with Crippen molar-refractivity contribution in [2.45, 2.75) is 22.4 Å². The van der Waals surface area contributed by atoms with E-state index in [0.717, 1.165) is 47.0 Å². The molecule has 0 fully saturated rings. The van der Waals surface area contributed by atoms with E-state index in [0.29, 0.717) is 6.07 Å². The van der Waals surface area contributed by atoms with Crippen molar-refractivity contribution in [3.8, 4) is 0 Å². The van der Waals surface area contributed by atoms with E-state index in [2.05, 4.69) is 10.2 Å². The lowest BCUT2D eigenvalue weighted by molar-refractivity contribution is -0.136. The average molecular weight is 581 g/mol. The van der Waals surface area contributed by atoms with Crippen molar-refractivity contribution in [2.24, 2.45) is 0 Å². The first-order chi connectivity index (χ1) is 17.2. The summed E-state index contributed by atoms with van der Waals surface area (Å²) in [6.45, 7) is -0.984. The molecule has 16 heteroatoms. The SMILES string of the molecule is O=S(=O)(c1ccccc1F)N(CCc1nnc2c(C(F)(F)F)cc(Cl)cn12)S(=O)(=O)c1ccccc1F. The molecule has 0 N–H and O–H groups in total. The van der Waals surface area contributed by atoms with E-state index < -0.39 is 71.8 Å². The minimum Gasteiger partial charge on any atom is -0.284 e. The fraction of sp³-hybridized carbons (Fsp3) is 0.143. The van der Waals surface area contributed by atoms with Gasteiger partial charge in [-0.3, -0.25) is 4.40 Å². The van der Waals surface area contributed by atoms with Crippen LogP contribution < -0.4 is 0 Å². The summed E-state index contributed by atoms with van der Waals surface area (Å²) >= 11 is 5.80. The molecule has 0 amide bonds. The van der Waals surface area contributed by atoms with Gasteiger partial charge in [0.15, 0.2) is 5.65 Å². The summed E-state index contributed by atoms with van der Waals surface area (Å²) in [6.07, 6.45) is -4.45. The first kappa shape index (κ1) is 26.9. The molecule has 2 aromatic carbocycles. The summed E-state index contributed by atoms with van der Waals surface area (Å²) in [5, 5.41) is 6.74. The van der Waals surface area contributed by atoms with Crippen LogP contribution in [0, 0.1) is 11.6 Å². The Hall–Kier alpha value is -3.14. The summed E-state index contributed by atoms with van der Waals surface area (Å²) in [5.74, 6) is -2.84. The molecule has 0 radical (unpaired) electrons. The quantitative estimate of drug-likeness (QED) is 0.302. The van der Waals surface area contributed by atoms with E-state index in [4.69, 9.17) is 11.6 Å². The van der Waals surface area contributed by atoms with E-state index in [9.17, 15) is 38.8 Å². The lowest BCUT2D eigenvalue weighted by Gasteiger charge is -2.22. The third kappa shape index (κ3) is 5.03. The monoisotopic (exact) mass is 580 g/mol. The van der Waals surface area contributed by atoms with Gasteiger partial charge in [0.2, 0.25) is 0 Å². The fourth-order valence-electron chi connectivity index (χ4n) is 3.47. The second-order valence-electron chi connectivity index (χ2n) is 7.50. The Morgan fingerprint density at radius 3 is 1.86 bits per heavy atom. The number of hydrogen-bond acceptors (Lipinski definition) is 6. The maximum Gasteiger partial charge on any atom is 0.420 e. The van der Waals surface area contributed by atoms with E-state index in [1.165, 1.54) is 12.1 Å². The van der Waals surface area contributed by atoms with Crippen molar-refractivity contribution >= 4 is 37.3 Å². The van der Waals surface area contributed by atoms with Crippen molar-refractivity contribution in [3.63, 3.8) is 0 Å². The molecule has 4 rings (SSSR count). The minimum atomic E-state index is -5.16. The predicted molar refractivity (Wildman–Crippen MR) is 121 cm³/mol. The number of nitrogens with zero attached hydrogens (tertiary/aromatic N) is 4. The zero-order chi connectivity index (χ0) is 27.2. The molecule has 4 aromatic rings. The van der Waals surface area contributed by atoms with Crippen molar-refractivity contribution in [1.82, 2.24) is 18.3 Å². The first-order valence-electron chi connectivity index (χ1n) is 10.1. The van der Waals surface area contributed by atoms with E-state index >= 15 is 0 Å². The smallest absolute Gasteiger partial charge is 0.284 e. The molecule has 0 saturated heterocycles. The second-order valence-corrected chi connectivity index (χ2v) is 11.8. The lowest BCUT2D eigenvalue weighted by atomic mass is 10.2. The number of halogens is 6. The van der Waals surface area contributed by atoms with E-state index in [1.54, 1.807) is 0 Å². The lowest BCUT2D eigenvalue weighted by Crippen LogP contribution is -2.39. The highest BCUT2D eigenvalue weighted by Gasteiger charge is 2.40. The van der Waals surface area contributed by atoms with Gasteiger partial charge in [0.05, 0.1) is 5.02 Å². The summed E-state index contributed by atoms with van der Waals surface area (Å²) in [4.78, 5) is -2.02. The van der Waals surface area contributed by atoms with Gasteiger partial charge in [-0.05, 0) is 30.3 Å². The van der Waals surface area contributed by atoms with Crippen LogP contribution in [-0.4, -0.2) is 41.7 Å². The highest BCUT2D eigenvalue weighted by Crippen LogP contribution is 2.34. The summed E-state index contributed by atoms with van der Waals surface area (Å²) < 4.78 is 123. The van der Waals surface area contributed by atoms with Gasteiger partial charge in [0, 0.05) is 19.2 Å². The molecule has 0 aliphatic heterocycles. The molecule has 2 aromatic heterocycles. The van der Waals surface area contributed by atoms with Crippen LogP contribution in [0.1, 0.15) is 11.4 Å². The molecule has 0 unspecified atom stereocenters. The first-order valence-corrected chi connectivity index (χ1v) is 13.4. The maximum absolute atomic E-state index is 14.4. The van der Waals surface area contributed by atoms with Crippen molar-refractivity contribution in [2.75, 3.05) is 6.54 Å². The standard InChI is InChI=1S/C21H14ClF5N4O4S2/c22-13-11-14(21(25,26)27)20-29-28-19(30(20)12-13)9-10-31(36(32,33)17-7-3-1-5-15(17)23)37(34,35)18-8-4-2-6-16(18)24/h1-8,11-12H,9-10H2. The highest BCUT2D eigenvalue weighted by atomic mass is 35.5. The van der Waals surface area contributed by atoms with Crippen LogP contribution in [0.2, 0.25) is 5.02 Å². The van der Waals surface area contributed by atoms with Gasteiger partial charge in [-0.2, -0.15) is 13.2 Å².